The van der Waals surface area contributed by atoms with Crippen molar-refractivity contribution in [2.24, 2.45) is 0 Å². The second kappa shape index (κ2) is 7.81. The third-order valence-electron chi connectivity index (χ3n) is 3.13. The summed E-state index contributed by atoms with van der Waals surface area (Å²) in [6.45, 7) is 6.49. The number of rotatable bonds is 8. The molecule has 0 bridgehead atoms. The molecule has 0 radical (unpaired) electrons. The lowest BCUT2D eigenvalue weighted by atomic mass is 10.3. The zero-order chi connectivity index (χ0) is 15.2. The molecule has 2 atom stereocenters. The van der Waals surface area contributed by atoms with Crippen LogP contribution in [0, 0.1) is 0 Å². The highest BCUT2D eigenvalue weighted by molar-refractivity contribution is 6.57. The molecule has 1 fully saturated rings. The van der Waals surface area contributed by atoms with Crippen LogP contribution in [-0.2, 0) is 18.9 Å². The molecule has 20 heavy (non-hydrogen) atoms. The van der Waals surface area contributed by atoms with Gasteiger partial charge in [0.25, 0.3) is 5.97 Å². The van der Waals surface area contributed by atoms with Crippen LogP contribution in [0.15, 0.2) is 0 Å². The Bertz CT molecular complexity index is 275. The first-order chi connectivity index (χ1) is 9.37. The second-order valence-corrected chi connectivity index (χ2v) is 6.78. The molecule has 0 amide bonds. The highest BCUT2D eigenvalue weighted by Gasteiger charge is 2.43. The van der Waals surface area contributed by atoms with Gasteiger partial charge in [0.1, 0.15) is 5.73 Å². The maximum absolute atomic E-state index is 9.36. The average Bonchev–Trinajstić information content (AvgIpc) is 2.43. The van der Waals surface area contributed by atoms with Crippen molar-refractivity contribution in [1.82, 2.24) is 0 Å². The van der Waals surface area contributed by atoms with Gasteiger partial charge in [-0.3, -0.25) is 4.74 Å². The first-order valence-electron chi connectivity index (χ1n) is 7.15. The summed E-state index contributed by atoms with van der Waals surface area (Å²) in [4.78, 5) is 28.1. The summed E-state index contributed by atoms with van der Waals surface area (Å²) in [5, 5.41) is 0. The zero-order valence-corrected chi connectivity index (χ0v) is 13.4. The lowest BCUT2D eigenvalue weighted by Crippen LogP contribution is -2.53. The lowest BCUT2D eigenvalue weighted by Gasteiger charge is -2.39. The first-order valence-corrected chi connectivity index (χ1v) is 9.07. The first kappa shape index (κ1) is 18.0. The highest BCUT2D eigenvalue weighted by atomic mass is 28.4. The molecule has 0 aromatic heterocycles. The summed E-state index contributed by atoms with van der Waals surface area (Å²) in [5.74, 6) is -1.15. The third kappa shape index (κ3) is 5.04. The molecule has 1 aliphatic heterocycles. The van der Waals surface area contributed by atoms with Crippen LogP contribution < -0.4 is 0 Å². The molecule has 3 N–H and O–H groups in total. The molecule has 0 aliphatic carbocycles. The van der Waals surface area contributed by atoms with Gasteiger partial charge in [-0.1, -0.05) is 20.8 Å². The van der Waals surface area contributed by atoms with Gasteiger partial charge in [0.05, 0.1) is 13.2 Å². The summed E-state index contributed by atoms with van der Waals surface area (Å²) < 4.78 is 22.3. The van der Waals surface area contributed by atoms with E-state index < -0.39 is 26.8 Å². The maximum Gasteiger partial charge on any atom is 0.523 e. The van der Waals surface area contributed by atoms with E-state index in [0.717, 1.165) is 6.42 Å². The predicted octanol–water partition coefficient (Wildman–Crippen LogP) is 0.490. The summed E-state index contributed by atoms with van der Waals surface area (Å²) in [7, 11) is -4.35. The third-order valence-corrected chi connectivity index (χ3v) is 4.54. The molecule has 0 aromatic rings. The molecule has 1 saturated heterocycles. The Labute approximate surface area is 120 Å². The fourth-order valence-electron chi connectivity index (χ4n) is 1.96. The van der Waals surface area contributed by atoms with Crippen LogP contribution in [0.25, 0.3) is 0 Å². The molecular weight excluding hydrogens is 284 g/mol. The minimum Gasteiger partial charge on any atom is -0.388 e. The van der Waals surface area contributed by atoms with E-state index in [1.54, 1.807) is 6.92 Å². The van der Waals surface area contributed by atoms with Crippen LogP contribution in [0.4, 0.5) is 0 Å². The molecular formula is C12H26O7Si. The molecule has 1 aliphatic rings. The second-order valence-electron chi connectivity index (χ2n) is 4.76. The summed E-state index contributed by atoms with van der Waals surface area (Å²) in [6.07, 6.45) is 1.30. The number of hydrogen-bond acceptors (Lipinski definition) is 7. The number of ether oxygens (including phenoxy) is 4. The molecule has 2 unspecified atom stereocenters. The van der Waals surface area contributed by atoms with Gasteiger partial charge in [-0.15, -0.1) is 0 Å². The molecule has 0 saturated carbocycles. The van der Waals surface area contributed by atoms with Crippen molar-refractivity contribution in [3.8, 4) is 0 Å². The standard InChI is InChI=1S/C12H26O7Si/c1-4-10(18-11(5-2)20(13,14)15)19-12(6-3)16-8-7-9-17-12/h10-11,13-15H,4-9H2,1-3H3. The molecule has 8 heteroatoms. The van der Waals surface area contributed by atoms with Gasteiger partial charge >= 0.3 is 8.80 Å². The molecule has 0 spiro atoms. The molecule has 1 heterocycles. The van der Waals surface area contributed by atoms with Crippen molar-refractivity contribution >= 4 is 8.80 Å². The topological polar surface area (TPSA) is 97.6 Å². The van der Waals surface area contributed by atoms with E-state index in [4.69, 9.17) is 18.9 Å². The Kier molecular flexibility index (Phi) is 7.02. The van der Waals surface area contributed by atoms with E-state index in [9.17, 15) is 14.4 Å². The van der Waals surface area contributed by atoms with Crippen LogP contribution in [0.3, 0.4) is 0 Å². The summed E-state index contributed by atoms with van der Waals surface area (Å²) >= 11 is 0. The molecule has 120 valence electrons. The minimum absolute atomic E-state index is 0.274. The summed E-state index contributed by atoms with van der Waals surface area (Å²) in [6, 6.07) is 0. The van der Waals surface area contributed by atoms with Crippen LogP contribution in [-0.4, -0.2) is 54.4 Å². The van der Waals surface area contributed by atoms with Crippen LogP contribution in [0.5, 0.6) is 0 Å². The molecule has 1 rings (SSSR count). The zero-order valence-electron chi connectivity index (χ0n) is 12.4. The van der Waals surface area contributed by atoms with E-state index >= 15 is 0 Å². The van der Waals surface area contributed by atoms with Gasteiger partial charge in [-0.2, -0.15) is 0 Å². The van der Waals surface area contributed by atoms with Crippen molar-refractivity contribution in [2.45, 2.75) is 64.4 Å². The van der Waals surface area contributed by atoms with E-state index in [1.165, 1.54) is 0 Å². The van der Waals surface area contributed by atoms with Gasteiger partial charge in [-0.05, 0) is 19.3 Å². The van der Waals surface area contributed by atoms with Crippen LogP contribution >= 0.6 is 0 Å². The van der Waals surface area contributed by atoms with Gasteiger partial charge in [0.2, 0.25) is 0 Å². The van der Waals surface area contributed by atoms with Crippen molar-refractivity contribution in [3.63, 3.8) is 0 Å². The van der Waals surface area contributed by atoms with Crippen molar-refractivity contribution < 1.29 is 33.3 Å². The SMILES string of the molecule is CCC(OC(CC)[Si](O)(O)O)OC1(CC)OCCCO1. The normalized spacial score (nSPS) is 22.5. The Morgan fingerprint density at radius 2 is 1.70 bits per heavy atom. The van der Waals surface area contributed by atoms with E-state index in [-0.39, 0.29) is 6.42 Å². The maximum atomic E-state index is 9.36. The van der Waals surface area contributed by atoms with Crippen molar-refractivity contribution in [1.29, 1.82) is 0 Å². The molecule has 7 nitrogen and oxygen atoms in total. The van der Waals surface area contributed by atoms with Crippen molar-refractivity contribution in [3.05, 3.63) is 0 Å². The monoisotopic (exact) mass is 310 g/mol. The quantitative estimate of drug-likeness (QED) is 0.443. The van der Waals surface area contributed by atoms with Gasteiger partial charge in [0, 0.05) is 6.42 Å². The average molecular weight is 310 g/mol. The Balaban J connectivity index is 2.65. The van der Waals surface area contributed by atoms with Gasteiger partial charge in [0.15, 0.2) is 6.29 Å². The van der Waals surface area contributed by atoms with E-state index in [2.05, 4.69) is 0 Å². The Morgan fingerprint density at radius 3 is 2.10 bits per heavy atom. The van der Waals surface area contributed by atoms with E-state index in [1.807, 2.05) is 13.8 Å². The van der Waals surface area contributed by atoms with E-state index in [0.29, 0.717) is 26.1 Å². The molecule has 0 aromatic carbocycles. The van der Waals surface area contributed by atoms with Gasteiger partial charge < -0.3 is 28.6 Å². The Morgan fingerprint density at radius 1 is 1.10 bits per heavy atom. The van der Waals surface area contributed by atoms with Crippen LogP contribution in [0.1, 0.15) is 46.5 Å². The smallest absolute Gasteiger partial charge is 0.388 e. The highest BCUT2D eigenvalue weighted by Crippen LogP contribution is 2.28. The van der Waals surface area contributed by atoms with Crippen molar-refractivity contribution in [2.75, 3.05) is 13.2 Å². The largest absolute Gasteiger partial charge is 0.523 e. The minimum atomic E-state index is -4.35. The lowest BCUT2D eigenvalue weighted by molar-refractivity contribution is -0.436. The fraction of sp³-hybridized carbons (Fsp3) is 1.00. The van der Waals surface area contributed by atoms with Gasteiger partial charge in [-0.25, -0.2) is 0 Å². The summed E-state index contributed by atoms with van der Waals surface area (Å²) in [5.41, 5.74) is -1.04. The number of hydrogen-bond donors (Lipinski definition) is 3. The fourth-order valence-corrected chi connectivity index (χ4v) is 2.85. The Hall–Kier alpha value is -0.0631. The predicted molar refractivity (Wildman–Crippen MR) is 72.3 cm³/mol. The van der Waals surface area contributed by atoms with Crippen LogP contribution in [0.2, 0.25) is 0 Å².